The largest absolute Gasteiger partial charge is 0.421 e. The first kappa shape index (κ1) is 17.2. The van der Waals surface area contributed by atoms with Crippen LogP contribution < -0.4 is 21.9 Å². The van der Waals surface area contributed by atoms with Gasteiger partial charge in [-0.3, -0.25) is 9.36 Å². The van der Waals surface area contributed by atoms with Crippen LogP contribution in [0.2, 0.25) is 0 Å². The van der Waals surface area contributed by atoms with Gasteiger partial charge < -0.3 is 15.8 Å². The van der Waals surface area contributed by atoms with E-state index in [-0.39, 0.29) is 33.0 Å². The molecule has 2 aromatic carbocycles. The zero-order valence-corrected chi connectivity index (χ0v) is 14.1. The summed E-state index contributed by atoms with van der Waals surface area (Å²) >= 11 is 0. The first-order chi connectivity index (χ1) is 12.9. The monoisotopic (exact) mass is 374 g/mol. The summed E-state index contributed by atoms with van der Waals surface area (Å²) in [5, 5.41) is 9.68. The molecule has 1 saturated heterocycles. The predicted octanol–water partition coefficient (Wildman–Crippen LogP) is 1.21. The number of nitrogens with zero attached hydrogens (tertiary/aromatic N) is 3. The van der Waals surface area contributed by atoms with E-state index in [0.717, 1.165) is 22.8 Å². The fourth-order valence-corrected chi connectivity index (χ4v) is 3.39. The summed E-state index contributed by atoms with van der Waals surface area (Å²) in [5.74, 6) is -1.16. The van der Waals surface area contributed by atoms with Crippen LogP contribution in [0.3, 0.4) is 0 Å². The molecule has 1 aliphatic heterocycles. The van der Waals surface area contributed by atoms with E-state index in [9.17, 15) is 23.6 Å². The average Bonchev–Trinajstić information content (AvgIpc) is 3.08. The van der Waals surface area contributed by atoms with Crippen LogP contribution in [0.1, 0.15) is 6.42 Å². The minimum absolute atomic E-state index is 0.0867. The first-order valence-electron chi connectivity index (χ1n) is 8.34. The normalized spacial score (nSPS) is 17.0. The highest BCUT2D eigenvalue weighted by Crippen LogP contribution is 2.27. The van der Waals surface area contributed by atoms with Crippen molar-refractivity contribution < 1.29 is 14.0 Å². The van der Waals surface area contributed by atoms with Gasteiger partial charge in [0.05, 0.1) is 22.3 Å². The summed E-state index contributed by atoms with van der Waals surface area (Å²) in [6.45, 7) is 0.988. The van der Waals surface area contributed by atoms with E-state index in [2.05, 4.69) is 0 Å². The number of hydrogen-bond acceptors (Lipinski definition) is 5. The van der Waals surface area contributed by atoms with Gasteiger partial charge in [-0.25, -0.2) is 13.6 Å². The second-order valence-electron chi connectivity index (χ2n) is 6.53. The molecule has 4 rings (SSSR count). The minimum Gasteiger partial charge on any atom is -0.421 e. The molecule has 1 unspecified atom stereocenters. The lowest BCUT2D eigenvalue weighted by Gasteiger charge is -2.20. The quantitative estimate of drug-likeness (QED) is 0.658. The lowest BCUT2D eigenvalue weighted by molar-refractivity contribution is 0.160. The van der Waals surface area contributed by atoms with Crippen LogP contribution in [-0.2, 0) is 0 Å². The molecule has 27 heavy (non-hydrogen) atoms. The Morgan fingerprint density at radius 2 is 1.81 bits per heavy atom. The molecule has 1 aromatic heterocycles. The Kier molecular flexibility index (Phi) is 3.96. The van der Waals surface area contributed by atoms with Gasteiger partial charge in [0.2, 0.25) is 0 Å². The molecule has 0 radical (unpaired) electrons. The Morgan fingerprint density at radius 3 is 2.44 bits per heavy atom. The van der Waals surface area contributed by atoms with E-state index in [0.29, 0.717) is 19.5 Å². The second kappa shape index (κ2) is 6.20. The number of rotatable bonds is 2. The number of fused-ring (bicyclic) bond motifs is 1. The van der Waals surface area contributed by atoms with Crippen LogP contribution in [0.25, 0.3) is 16.6 Å². The van der Waals surface area contributed by atoms with Crippen molar-refractivity contribution in [2.24, 2.45) is 5.73 Å². The number of benzene rings is 2. The average molecular weight is 374 g/mol. The maximum Gasteiger partial charge on any atom is 0.369 e. The van der Waals surface area contributed by atoms with Crippen LogP contribution in [0.15, 0.2) is 46.0 Å². The predicted molar refractivity (Wildman–Crippen MR) is 95.7 cm³/mol. The molecule has 1 aliphatic rings. The maximum atomic E-state index is 14.6. The minimum atomic E-state index is -1.03. The van der Waals surface area contributed by atoms with E-state index in [1.807, 2.05) is 0 Å². The van der Waals surface area contributed by atoms with Crippen molar-refractivity contribution in [2.75, 3.05) is 18.0 Å². The summed E-state index contributed by atoms with van der Waals surface area (Å²) in [6.07, 6.45) is 0.695. The maximum absolute atomic E-state index is 14.6. The topological polar surface area (TPSA) is 93.5 Å². The lowest BCUT2D eigenvalue weighted by atomic mass is 10.2. The zero-order valence-electron chi connectivity index (χ0n) is 14.1. The summed E-state index contributed by atoms with van der Waals surface area (Å²) in [4.78, 5) is 26.5. The van der Waals surface area contributed by atoms with E-state index in [1.54, 1.807) is 4.90 Å². The van der Waals surface area contributed by atoms with Gasteiger partial charge in [0.1, 0.15) is 11.6 Å². The van der Waals surface area contributed by atoms with Gasteiger partial charge in [0, 0.05) is 19.1 Å². The van der Waals surface area contributed by atoms with Gasteiger partial charge in [0.15, 0.2) is 0 Å². The van der Waals surface area contributed by atoms with Crippen LogP contribution in [0.5, 0.6) is 0 Å². The molecule has 0 amide bonds. The molecular weight excluding hydrogens is 358 g/mol. The van der Waals surface area contributed by atoms with Crippen molar-refractivity contribution in [1.82, 2.24) is 9.30 Å². The Bertz CT molecular complexity index is 1150. The molecule has 0 spiro atoms. The standard InChI is InChI=1S/C18H16F2N4O3/c19-10-1-3-12(4-2-10)23-15-8-16(22-6-5-11(21)9-22)14(20)7-13(15)17(25)24(27)18(23)26/h1-4,7-8,11,27H,5-6,9,21H2. The lowest BCUT2D eigenvalue weighted by Crippen LogP contribution is -2.38. The smallest absolute Gasteiger partial charge is 0.369 e. The summed E-state index contributed by atoms with van der Waals surface area (Å²) in [7, 11) is 0. The van der Waals surface area contributed by atoms with E-state index in [4.69, 9.17) is 5.73 Å². The van der Waals surface area contributed by atoms with Gasteiger partial charge in [0.25, 0.3) is 5.56 Å². The van der Waals surface area contributed by atoms with Gasteiger partial charge in [-0.2, -0.15) is 0 Å². The first-order valence-corrected chi connectivity index (χ1v) is 8.34. The van der Waals surface area contributed by atoms with E-state index >= 15 is 0 Å². The van der Waals surface area contributed by atoms with Crippen molar-refractivity contribution in [3.8, 4) is 5.69 Å². The molecule has 3 aromatic rings. The Balaban J connectivity index is 2.05. The van der Waals surface area contributed by atoms with Crippen molar-refractivity contribution in [3.63, 3.8) is 0 Å². The Labute approximate surface area is 151 Å². The van der Waals surface area contributed by atoms with Gasteiger partial charge in [-0.15, -0.1) is 0 Å². The van der Waals surface area contributed by atoms with Crippen LogP contribution in [0.4, 0.5) is 14.5 Å². The van der Waals surface area contributed by atoms with Gasteiger partial charge in [-0.1, -0.05) is 4.73 Å². The zero-order chi connectivity index (χ0) is 19.3. The highest BCUT2D eigenvalue weighted by Gasteiger charge is 2.24. The number of aromatic nitrogens is 2. The molecule has 0 aliphatic carbocycles. The molecule has 3 N–H and O–H groups in total. The number of anilines is 1. The Morgan fingerprint density at radius 1 is 1.11 bits per heavy atom. The molecule has 9 heteroatoms. The van der Waals surface area contributed by atoms with Crippen LogP contribution >= 0.6 is 0 Å². The van der Waals surface area contributed by atoms with Crippen molar-refractivity contribution in [2.45, 2.75) is 12.5 Å². The number of halogens is 2. The van der Waals surface area contributed by atoms with Crippen LogP contribution in [-0.4, -0.2) is 33.6 Å². The molecule has 7 nitrogen and oxygen atoms in total. The SMILES string of the molecule is NC1CCN(c2cc3c(cc2F)c(=O)n(O)c(=O)n3-c2ccc(F)cc2)C1. The molecule has 0 saturated carbocycles. The molecule has 2 heterocycles. The van der Waals surface area contributed by atoms with Gasteiger partial charge in [-0.05, 0) is 42.8 Å². The molecule has 1 fully saturated rings. The third-order valence-corrected chi connectivity index (χ3v) is 4.75. The summed E-state index contributed by atoms with van der Waals surface area (Å²) in [5.41, 5.74) is 4.37. The van der Waals surface area contributed by atoms with E-state index in [1.165, 1.54) is 18.2 Å². The van der Waals surface area contributed by atoms with Crippen molar-refractivity contribution >= 4 is 16.6 Å². The van der Waals surface area contributed by atoms with Crippen molar-refractivity contribution in [1.29, 1.82) is 0 Å². The fraction of sp³-hybridized carbons (Fsp3) is 0.222. The third kappa shape index (κ3) is 2.76. The van der Waals surface area contributed by atoms with E-state index < -0.39 is 22.9 Å². The molecular formula is C18H16F2N4O3. The van der Waals surface area contributed by atoms with Crippen LogP contribution in [0, 0.1) is 11.6 Å². The highest BCUT2D eigenvalue weighted by atomic mass is 19.1. The molecule has 1 atom stereocenters. The second-order valence-corrected chi connectivity index (χ2v) is 6.53. The number of hydrogen-bond donors (Lipinski definition) is 2. The summed E-state index contributed by atoms with van der Waals surface area (Å²) < 4.78 is 28.9. The third-order valence-electron chi connectivity index (χ3n) is 4.75. The Hall–Kier alpha value is -3.20. The van der Waals surface area contributed by atoms with Crippen molar-refractivity contribution in [3.05, 3.63) is 68.9 Å². The highest BCUT2D eigenvalue weighted by molar-refractivity contribution is 5.84. The molecule has 0 bridgehead atoms. The fourth-order valence-electron chi connectivity index (χ4n) is 3.39. The summed E-state index contributed by atoms with van der Waals surface area (Å²) in [6, 6.07) is 7.22. The molecule has 140 valence electrons. The van der Waals surface area contributed by atoms with Gasteiger partial charge >= 0.3 is 5.69 Å². The number of nitrogens with two attached hydrogens (primary N) is 1.